The van der Waals surface area contributed by atoms with Crippen LogP contribution < -0.4 is 10.6 Å². The Hall–Kier alpha value is -0.390. The minimum absolute atomic E-state index is 0.0655. The number of hydrogen-bond acceptors (Lipinski definition) is 3. The second-order valence-electron chi connectivity index (χ2n) is 4.42. The Morgan fingerprint density at radius 2 is 2.35 bits per heavy atom. The maximum atomic E-state index is 12.0. The molecule has 1 amide bonds. The van der Waals surface area contributed by atoms with E-state index in [0.717, 1.165) is 46.6 Å². The van der Waals surface area contributed by atoms with Crippen LogP contribution >= 0.6 is 27.3 Å². The molecule has 0 bridgehead atoms. The van der Waals surface area contributed by atoms with Crippen molar-refractivity contribution in [2.75, 3.05) is 13.1 Å². The van der Waals surface area contributed by atoms with Gasteiger partial charge < -0.3 is 10.6 Å². The van der Waals surface area contributed by atoms with Crippen molar-refractivity contribution in [1.29, 1.82) is 0 Å². The van der Waals surface area contributed by atoms with E-state index < -0.39 is 0 Å². The van der Waals surface area contributed by atoms with Gasteiger partial charge in [0, 0.05) is 6.04 Å². The van der Waals surface area contributed by atoms with E-state index in [2.05, 4.69) is 26.6 Å². The van der Waals surface area contributed by atoms with E-state index in [0.29, 0.717) is 6.04 Å². The highest BCUT2D eigenvalue weighted by Gasteiger charge is 2.17. The first-order valence-corrected chi connectivity index (χ1v) is 7.55. The molecule has 1 aromatic heterocycles. The van der Waals surface area contributed by atoms with Crippen LogP contribution in [0.4, 0.5) is 0 Å². The summed E-state index contributed by atoms with van der Waals surface area (Å²) in [7, 11) is 0. The molecule has 1 fully saturated rings. The van der Waals surface area contributed by atoms with Crippen LogP contribution in [0.15, 0.2) is 9.85 Å². The minimum Gasteiger partial charge on any atom is -0.349 e. The van der Waals surface area contributed by atoms with Gasteiger partial charge in [0.05, 0.1) is 8.66 Å². The van der Waals surface area contributed by atoms with E-state index in [1.54, 1.807) is 0 Å². The second kappa shape index (κ2) is 5.98. The maximum Gasteiger partial charge on any atom is 0.261 e. The van der Waals surface area contributed by atoms with Gasteiger partial charge in [-0.15, -0.1) is 11.3 Å². The van der Waals surface area contributed by atoms with Crippen LogP contribution in [-0.2, 0) is 0 Å². The monoisotopic (exact) mass is 316 g/mol. The van der Waals surface area contributed by atoms with Gasteiger partial charge in [0.1, 0.15) is 0 Å². The molecule has 1 atom stereocenters. The van der Waals surface area contributed by atoms with Crippen LogP contribution in [0, 0.1) is 6.92 Å². The van der Waals surface area contributed by atoms with Crippen molar-refractivity contribution in [2.45, 2.75) is 32.2 Å². The number of nitrogens with one attached hydrogen (secondary N) is 2. The lowest BCUT2D eigenvalue weighted by Gasteiger charge is -2.14. The second-order valence-corrected chi connectivity index (χ2v) is 6.79. The third-order valence-electron chi connectivity index (χ3n) is 2.99. The molecular formula is C12H17BrN2OS. The number of amides is 1. The number of rotatable bonds is 2. The van der Waals surface area contributed by atoms with Gasteiger partial charge in [-0.05, 0) is 66.8 Å². The van der Waals surface area contributed by atoms with E-state index in [4.69, 9.17) is 0 Å². The third kappa shape index (κ3) is 3.53. The smallest absolute Gasteiger partial charge is 0.261 e. The summed E-state index contributed by atoms with van der Waals surface area (Å²) in [4.78, 5) is 12.8. The fourth-order valence-electron chi connectivity index (χ4n) is 1.99. The van der Waals surface area contributed by atoms with Crippen molar-refractivity contribution >= 4 is 33.2 Å². The molecule has 1 aromatic rings. The fraction of sp³-hybridized carbons (Fsp3) is 0.583. The zero-order valence-electron chi connectivity index (χ0n) is 9.88. The zero-order valence-corrected chi connectivity index (χ0v) is 12.3. The lowest BCUT2D eigenvalue weighted by atomic mass is 10.1. The molecule has 17 heavy (non-hydrogen) atoms. The predicted octanol–water partition coefficient (Wildman–Crippen LogP) is 2.69. The number of carbonyl (C=O) groups is 1. The van der Waals surface area contributed by atoms with Gasteiger partial charge in [0.2, 0.25) is 0 Å². The number of thiophene rings is 1. The molecule has 1 aliphatic heterocycles. The highest BCUT2D eigenvalue weighted by molar-refractivity contribution is 9.11. The number of hydrogen-bond donors (Lipinski definition) is 2. The summed E-state index contributed by atoms with van der Waals surface area (Å²) in [5.41, 5.74) is 1.13. The molecule has 1 aliphatic rings. The van der Waals surface area contributed by atoms with E-state index in [1.807, 2.05) is 13.0 Å². The molecule has 2 rings (SSSR count). The molecule has 0 radical (unpaired) electrons. The molecule has 3 nitrogen and oxygen atoms in total. The Bertz CT molecular complexity index is 378. The molecule has 2 heterocycles. The first kappa shape index (κ1) is 13.1. The predicted molar refractivity (Wildman–Crippen MR) is 74.7 cm³/mol. The van der Waals surface area contributed by atoms with Crippen LogP contribution in [0.5, 0.6) is 0 Å². The maximum absolute atomic E-state index is 12.0. The molecule has 0 aromatic carbocycles. The van der Waals surface area contributed by atoms with Crippen LogP contribution in [0.2, 0.25) is 0 Å². The lowest BCUT2D eigenvalue weighted by molar-refractivity contribution is 0.0938. The third-order valence-corrected chi connectivity index (χ3v) is 5.13. The number of halogens is 1. The summed E-state index contributed by atoms with van der Waals surface area (Å²) in [6, 6.07) is 2.26. The van der Waals surface area contributed by atoms with Crippen LogP contribution in [-0.4, -0.2) is 25.0 Å². The normalized spacial score (nSPS) is 20.9. The SMILES string of the molecule is Cc1cc(C(=O)NC2CCCNCC2)sc1Br. The van der Waals surface area contributed by atoms with E-state index in [9.17, 15) is 4.79 Å². The van der Waals surface area contributed by atoms with Gasteiger partial charge in [0.15, 0.2) is 0 Å². The zero-order chi connectivity index (χ0) is 12.3. The Balaban J connectivity index is 1.95. The van der Waals surface area contributed by atoms with Gasteiger partial charge in [0.25, 0.3) is 5.91 Å². The highest BCUT2D eigenvalue weighted by atomic mass is 79.9. The van der Waals surface area contributed by atoms with Gasteiger partial charge in [-0.3, -0.25) is 4.79 Å². The number of carbonyl (C=O) groups excluding carboxylic acids is 1. The molecule has 0 aliphatic carbocycles. The summed E-state index contributed by atoms with van der Waals surface area (Å²) in [6.07, 6.45) is 3.24. The van der Waals surface area contributed by atoms with Crippen molar-refractivity contribution < 1.29 is 4.79 Å². The number of aryl methyl sites for hydroxylation is 1. The molecule has 2 N–H and O–H groups in total. The minimum atomic E-state index is 0.0655. The van der Waals surface area contributed by atoms with Gasteiger partial charge in [-0.25, -0.2) is 0 Å². The highest BCUT2D eigenvalue weighted by Crippen LogP contribution is 2.27. The Labute approximate surface area is 114 Å². The molecule has 5 heteroatoms. The van der Waals surface area contributed by atoms with E-state index >= 15 is 0 Å². The van der Waals surface area contributed by atoms with Gasteiger partial charge in [-0.1, -0.05) is 0 Å². The van der Waals surface area contributed by atoms with Crippen molar-refractivity contribution in [3.8, 4) is 0 Å². The molecule has 0 saturated carbocycles. The van der Waals surface area contributed by atoms with Crippen molar-refractivity contribution in [3.63, 3.8) is 0 Å². The van der Waals surface area contributed by atoms with E-state index in [-0.39, 0.29) is 5.91 Å². The Morgan fingerprint density at radius 1 is 1.53 bits per heavy atom. The van der Waals surface area contributed by atoms with Crippen LogP contribution in [0.1, 0.15) is 34.5 Å². The standard InChI is InChI=1S/C12H17BrN2OS/c1-8-7-10(17-11(8)13)12(16)15-9-3-2-5-14-6-4-9/h7,9,14H,2-6H2,1H3,(H,15,16). The summed E-state index contributed by atoms with van der Waals surface area (Å²) in [5, 5.41) is 6.47. The molecule has 1 saturated heterocycles. The van der Waals surface area contributed by atoms with Crippen LogP contribution in [0.3, 0.4) is 0 Å². The first-order chi connectivity index (χ1) is 8.16. The summed E-state index contributed by atoms with van der Waals surface area (Å²) in [6.45, 7) is 4.07. The quantitative estimate of drug-likeness (QED) is 0.880. The average Bonchev–Trinajstić information content (AvgIpc) is 2.54. The first-order valence-electron chi connectivity index (χ1n) is 5.94. The van der Waals surface area contributed by atoms with E-state index in [1.165, 1.54) is 11.3 Å². The fourth-order valence-corrected chi connectivity index (χ4v) is 3.43. The Kier molecular flexibility index (Phi) is 4.59. The van der Waals surface area contributed by atoms with Crippen molar-refractivity contribution in [2.24, 2.45) is 0 Å². The Morgan fingerprint density at radius 3 is 3.06 bits per heavy atom. The van der Waals surface area contributed by atoms with Crippen molar-refractivity contribution in [3.05, 3.63) is 20.3 Å². The molecular weight excluding hydrogens is 300 g/mol. The topological polar surface area (TPSA) is 41.1 Å². The van der Waals surface area contributed by atoms with Crippen LogP contribution in [0.25, 0.3) is 0 Å². The van der Waals surface area contributed by atoms with Gasteiger partial charge in [-0.2, -0.15) is 0 Å². The lowest BCUT2D eigenvalue weighted by Crippen LogP contribution is -2.34. The summed E-state index contributed by atoms with van der Waals surface area (Å²) in [5.74, 6) is 0.0655. The molecule has 0 spiro atoms. The average molecular weight is 317 g/mol. The van der Waals surface area contributed by atoms with Gasteiger partial charge >= 0.3 is 0 Å². The summed E-state index contributed by atoms with van der Waals surface area (Å²) < 4.78 is 1.05. The summed E-state index contributed by atoms with van der Waals surface area (Å²) >= 11 is 4.96. The molecule has 94 valence electrons. The van der Waals surface area contributed by atoms with Crippen molar-refractivity contribution in [1.82, 2.24) is 10.6 Å². The molecule has 1 unspecified atom stereocenters. The largest absolute Gasteiger partial charge is 0.349 e.